The molecule has 1 fully saturated rings. The third-order valence-electron chi connectivity index (χ3n) is 4.07. The minimum atomic E-state index is 0.518. The maximum Gasteiger partial charge on any atom is 0.119 e. The topological polar surface area (TPSA) is 38.5 Å². The summed E-state index contributed by atoms with van der Waals surface area (Å²) in [6.45, 7) is 1.70. The van der Waals surface area contributed by atoms with Crippen LogP contribution in [0.3, 0.4) is 0 Å². The predicted molar refractivity (Wildman–Crippen MR) is 74.6 cm³/mol. The van der Waals surface area contributed by atoms with Gasteiger partial charge in [-0.25, -0.2) is 0 Å². The van der Waals surface area contributed by atoms with Crippen LogP contribution in [-0.2, 0) is 6.54 Å². The SMILES string of the molecule is COc1cccc(CN(C)C(CN)C2CCC2)c1. The van der Waals surface area contributed by atoms with E-state index in [4.69, 9.17) is 10.5 Å². The van der Waals surface area contributed by atoms with E-state index in [1.165, 1.54) is 24.8 Å². The molecule has 0 spiro atoms. The number of hydrogen-bond acceptors (Lipinski definition) is 3. The van der Waals surface area contributed by atoms with Gasteiger partial charge in [-0.05, 0) is 43.5 Å². The molecule has 0 amide bonds. The standard InChI is InChI=1S/C15H24N2O/c1-17(15(10-16)13-6-4-7-13)11-12-5-3-8-14(9-12)18-2/h3,5,8-9,13,15H,4,6-7,10-11,16H2,1-2H3. The number of rotatable bonds is 6. The van der Waals surface area contributed by atoms with Crippen LogP contribution < -0.4 is 10.5 Å². The molecule has 1 aromatic rings. The first-order valence-electron chi connectivity index (χ1n) is 6.78. The molecule has 1 saturated carbocycles. The van der Waals surface area contributed by atoms with E-state index >= 15 is 0 Å². The van der Waals surface area contributed by atoms with Crippen LogP contribution in [0.5, 0.6) is 5.75 Å². The van der Waals surface area contributed by atoms with Gasteiger partial charge in [0, 0.05) is 19.1 Å². The van der Waals surface area contributed by atoms with Gasteiger partial charge in [-0.2, -0.15) is 0 Å². The quantitative estimate of drug-likeness (QED) is 0.839. The van der Waals surface area contributed by atoms with Crippen LogP contribution in [-0.4, -0.2) is 31.6 Å². The van der Waals surface area contributed by atoms with Crippen molar-refractivity contribution in [1.82, 2.24) is 4.90 Å². The van der Waals surface area contributed by atoms with Crippen molar-refractivity contribution in [2.75, 3.05) is 20.7 Å². The number of likely N-dealkylation sites (N-methyl/N-ethyl adjacent to an activating group) is 1. The molecule has 1 aliphatic carbocycles. The Morgan fingerprint density at radius 1 is 1.44 bits per heavy atom. The monoisotopic (exact) mass is 248 g/mol. The van der Waals surface area contributed by atoms with Gasteiger partial charge in [0.05, 0.1) is 7.11 Å². The lowest BCUT2D eigenvalue weighted by Crippen LogP contribution is -2.45. The molecule has 0 aliphatic heterocycles. The van der Waals surface area contributed by atoms with Crippen molar-refractivity contribution >= 4 is 0 Å². The Balaban J connectivity index is 1.97. The van der Waals surface area contributed by atoms with Gasteiger partial charge in [0.2, 0.25) is 0 Å². The molecular formula is C15H24N2O. The number of methoxy groups -OCH3 is 1. The Kier molecular flexibility index (Phi) is 4.61. The Labute approximate surface area is 110 Å². The Bertz CT molecular complexity index is 377. The second-order valence-electron chi connectivity index (χ2n) is 5.26. The highest BCUT2D eigenvalue weighted by molar-refractivity contribution is 5.28. The van der Waals surface area contributed by atoms with Gasteiger partial charge in [0.25, 0.3) is 0 Å². The maximum atomic E-state index is 5.93. The molecule has 3 heteroatoms. The van der Waals surface area contributed by atoms with Crippen LogP contribution in [0.25, 0.3) is 0 Å². The summed E-state index contributed by atoms with van der Waals surface area (Å²) in [5, 5.41) is 0. The summed E-state index contributed by atoms with van der Waals surface area (Å²) in [6, 6.07) is 8.79. The van der Waals surface area contributed by atoms with Gasteiger partial charge >= 0.3 is 0 Å². The Morgan fingerprint density at radius 3 is 2.78 bits per heavy atom. The zero-order valence-corrected chi connectivity index (χ0v) is 11.4. The molecule has 2 rings (SSSR count). The van der Waals surface area contributed by atoms with Crippen LogP contribution in [0.2, 0.25) is 0 Å². The molecule has 0 aromatic heterocycles. The smallest absolute Gasteiger partial charge is 0.119 e. The van der Waals surface area contributed by atoms with E-state index in [9.17, 15) is 0 Å². The molecule has 3 nitrogen and oxygen atoms in total. The van der Waals surface area contributed by atoms with Crippen LogP contribution in [0.15, 0.2) is 24.3 Å². The second-order valence-corrected chi connectivity index (χ2v) is 5.26. The summed E-state index contributed by atoms with van der Waals surface area (Å²) in [7, 11) is 3.88. The third-order valence-corrected chi connectivity index (χ3v) is 4.07. The van der Waals surface area contributed by atoms with E-state index in [-0.39, 0.29) is 0 Å². The van der Waals surface area contributed by atoms with Gasteiger partial charge in [-0.3, -0.25) is 4.90 Å². The van der Waals surface area contributed by atoms with Crippen molar-refractivity contribution in [2.45, 2.75) is 31.8 Å². The van der Waals surface area contributed by atoms with Crippen LogP contribution in [0, 0.1) is 5.92 Å². The largest absolute Gasteiger partial charge is 0.497 e. The fraction of sp³-hybridized carbons (Fsp3) is 0.600. The average Bonchev–Trinajstić information content (AvgIpc) is 2.33. The van der Waals surface area contributed by atoms with E-state index in [2.05, 4.69) is 24.1 Å². The molecule has 18 heavy (non-hydrogen) atoms. The van der Waals surface area contributed by atoms with E-state index in [0.29, 0.717) is 6.04 Å². The molecule has 2 N–H and O–H groups in total. The van der Waals surface area contributed by atoms with Crippen molar-refractivity contribution in [3.63, 3.8) is 0 Å². The average molecular weight is 248 g/mol. The van der Waals surface area contributed by atoms with Crippen molar-refractivity contribution in [3.05, 3.63) is 29.8 Å². The molecular weight excluding hydrogens is 224 g/mol. The second kappa shape index (κ2) is 6.21. The van der Waals surface area contributed by atoms with Crippen molar-refractivity contribution in [1.29, 1.82) is 0 Å². The zero-order chi connectivity index (χ0) is 13.0. The lowest BCUT2D eigenvalue weighted by molar-refractivity contribution is 0.118. The molecule has 1 aromatic carbocycles. The summed E-state index contributed by atoms with van der Waals surface area (Å²) in [5.41, 5.74) is 7.21. The van der Waals surface area contributed by atoms with Gasteiger partial charge in [0.15, 0.2) is 0 Å². The van der Waals surface area contributed by atoms with Gasteiger partial charge < -0.3 is 10.5 Å². The number of ether oxygens (including phenoxy) is 1. The first-order chi connectivity index (χ1) is 8.74. The van der Waals surface area contributed by atoms with Crippen molar-refractivity contribution in [2.24, 2.45) is 11.7 Å². The summed E-state index contributed by atoms with van der Waals surface area (Å²) in [4.78, 5) is 2.39. The molecule has 1 unspecified atom stereocenters. The number of hydrogen-bond donors (Lipinski definition) is 1. The van der Waals surface area contributed by atoms with Gasteiger partial charge in [0.1, 0.15) is 5.75 Å². The zero-order valence-electron chi connectivity index (χ0n) is 11.4. The molecule has 1 aliphatic rings. The number of benzene rings is 1. The van der Waals surface area contributed by atoms with Gasteiger partial charge in [-0.1, -0.05) is 18.6 Å². The fourth-order valence-corrected chi connectivity index (χ4v) is 2.73. The molecule has 0 bridgehead atoms. The first kappa shape index (κ1) is 13.4. The Hall–Kier alpha value is -1.06. The summed E-state index contributed by atoms with van der Waals surface area (Å²) in [5.74, 6) is 1.72. The third kappa shape index (κ3) is 3.03. The highest BCUT2D eigenvalue weighted by Crippen LogP contribution is 2.32. The number of nitrogens with two attached hydrogens (primary N) is 1. The Morgan fingerprint density at radius 2 is 2.22 bits per heavy atom. The minimum Gasteiger partial charge on any atom is -0.497 e. The van der Waals surface area contributed by atoms with E-state index in [1.54, 1.807) is 7.11 Å². The molecule has 0 heterocycles. The van der Waals surface area contributed by atoms with Crippen LogP contribution >= 0.6 is 0 Å². The van der Waals surface area contributed by atoms with Crippen molar-refractivity contribution in [3.8, 4) is 5.75 Å². The highest BCUT2D eigenvalue weighted by atomic mass is 16.5. The predicted octanol–water partition coefficient (Wildman–Crippen LogP) is 2.25. The first-order valence-corrected chi connectivity index (χ1v) is 6.78. The fourth-order valence-electron chi connectivity index (χ4n) is 2.73. The summed E-state index contributed by atoms with van der Waals surface area (Å²) >= 11 is 0. The van der Waals surface area contributed by atoms with Crippen molar-refractivity contribution < 1.29 is 4.74 Å². The van der Waals surface area contributed by atoms with Gasteiger partial charge in [-0.15, -0.1) is 0 Å². The molecule has 100 valence electrons. The molecule has 1 atom stereocenters. The van der Waals surface area contributed by atoms with E-state index < -0.39 is 0 Å². The number of nitrogens with zero attached hydrogens (tertiary/aromatic N) is 1. The minimum absolute atomic E-state index is 0.518. The molecule has 0 saturated heterocycles. The normalized spacial score (nSPS) is 17.6. The lowest BCUT2D eigenvalue weighted by atomic mass is 9.79. The molecule has 0 radical (unpaired) electrons. The van der Waals surface area contributed by atoms with Crippen LogP contribution in [0.4, 0.5) is 0 Å². The summed E-state index contributed by atoms with van der Waals surface area (Å²) < 4.78 is 5.26. The maximum absolute atomic E-state index is 5.93. The lowest BCUT2D eigenvalue weighted by Gasteiger charge is -2.39. The summed E-state index contributed by atoms with van der Waals surface area (Å²) in [6.07, 6.45) is 4.04. The van der Waals surface area contributed by atoms with E-state index in [0.717, 1.165) is 24.8 Å². The van der Waals surface area contributed by atoms with E-state index in [1.807, 2.05) is 12.1 Å². The highest BCUT2D eigenvalue weighted by Gasteiger charge is 2.28. The van der Waals surface area contributed by atoms with Crippen LogP contribution in [0.1, 0.15) is 24.8 Å².